The van der Waals surface area contributed by atoms with Crippen molar-refractivity contribution < 1.29 is 20.5 Å². The van der Waals surface area contributed by atoms with Gasteiger partial charge < -0.3 is 0 Å². The summed E-state index contributed by atoms with van der Waals surface area (Å²) in [5.41, 5.74) is 0.864. The van der Waals surface area contributed by atoms with Crippen molar-refractivity contribution in [3.63, 3.8) is 0 Å². The fourth-order valence-corrected chi connectivity index (χ4v) is 5.42. The Hall–Kier alpha value is -1.84. The number of aromatic nitrogens is 2. The molecule has 0 unspecified atom stereocenters. The third-order valence-corrected chi connectivity index (χ3v) is 7.07. The molecule has 0 aliphatic heterocycles. The van der Waals surface area contributed by atoms with Crippen LogP contribution in [0.2, 0.25) is 0 Å². The predicted molar refractivity (Wildman–Crippen MR) is 101 cm³/mol. The van der Waals surface area contributed by atoms with Crippen molar-refractivity contribution >= 4 is 20.2 Å². The minimum atomic E-state index is -4.60. The lowest BCUT2D eigenvalue weighted by Gasteiger charge is -2.11. The van der Waals surface area contributed by atoms with Gasteiger partial charge in [-0.1, -0.05) is 38.8 Å². The van der Waals surface area contributed by atoms with E-state index >= 15 is 0 Å². The zero-order valence-electron chi connectivity index (χ0n) is 15.5. The maximum absolute atomic E-state index is 12.6. The van der Waals surface area contributed by atoms with Gasteiger partial charge in [0.2, 0.25) is 0 Å². The summed E-state index contributed by atoms with van der Waals surface area (Å²) in [6.07, 6.45) is 6.76. The molecule has 2 aromatic rings. The van der Waals surface area contributed by atoms with E-state index in [0.717, 1.165) is 25.7 Å². The molecule has 0 amide bonds. The van der Waals surface area contributed by atoms with E-state index in [1.807, 2.05) is 13.8 Å². The molecule has 148 valence electrons. The van der Waals surface area contributed by atoms with Gasteiger partial charge in [0.05, 0.1) is 0 Å². The monoisotopic (exact) mass is 412 g/mol. The maximum atomic E-state index is 12.6. The Kier molecular flexibility index (Phi) is 7.46. The van der Waals surface area contributed by atoms with Crippen LogP contribution in [0.25, 0.3) is 0 Å². The normalized spacial score (nSPS) is 12.2. The van der Waals surface area contributed by atoms with Crippen LogP contribution in [0.5, 0.6) is 0 Å². The molecule has 2 aromatic heterocycles. The first kappa shape index (κ1) is 21.5. The Labute approximate surface area is 161 Å². The van der Waals surface area contributed by atoms with Crippen molar-refractivity contribution in [3.8, 4) is 0 Å². The van der Waals surface area contributed by atoms with Crippen LogP contribution in [0.15, 0.2) is 46.7 Å². The smallest absolute Gasteiger partial charge is 0.242 e. The van der Waals surface area contributed by atoms with Crippen molar-refractivity contribution in [1.82, 2.24) is 9.97 Å². The summed E-state index contributed by atoms with van der Waals surface area (Å²) in [5, 5.41) is -0.735. The Morgan fingerprint density at radius 2 is 1.19 bits per heavy atom. The van der Waals surface area contributed by atoms with Gasteiger partial charge in [-0.15, -0.1) is 3.63 Å². The molecule has 0 aliphatic rings. The molecular weight excluding hydrogens is 388 g/mol. The molecule has 0 saturated heterocycles. The van der Waals surface area contributed by atoms with E-state index in [1.54, 1.807) is 24.3 Å². The Bertz CT molecular complexity index is 893. The van der Waals surface area contributed by atoms with Crippen LogP contribution in [0.4, 0.5) is 0 Å². The third kappa shape index (κ3) is 5.57. The minimum Gasteiger partial charge on any atom is -0.242 e. The third-order valence-electron chi connectivity index (χ3n) is 3.95. The number of rotatable bonds is 10. The van der Waals surface area contributed by atoms with Gasteiger partial charge in [0, 0.05) is 12.4 Å². The number of pyridine rings is 2. The first-order valence-electron chi connectivity index (χ1n) is 8.90. The molecule has 2 rings (SSSR count). The zero-order valence-corrected chi connectivity index (χ0v) is 17.1. The molecule has 0 N–H and O–H groups in total. The van der Waals surface area contributed by atoms with Crippen molar-refractivity contribution in [2.45, 2.75) is 62.4 Å². The highest BCUT2D eigenvalue weighted by Gasteiger charge is 2.32. The summed E-state index contributed by atoms with van der Waals surface area (Å²) >= 11 is 0. The van der Waals surface area contributed by atoms with E-state index in [1.165, 1.54) is 12.4 Å². The van der Waals surface area contributed by atoms with Crippen LogP contribution in [0.3, 0.4) is 0 Å². The lowest BCUT2D eigenvalue weighted by molar-refractivity contribution is 0.455. The topological polar surface area (TPSA) is 103 Å². The van der Waals surface area contributed by atoms with Gasteiger partial charge in [-0.25, -0.2) is 9.97 Å². The van der Waals surface area contributed by atoms with Crippen LogP contribution < -0.4 is 0 Å². The summed E-state index contributed by atoms with van der Waals surface area (Å²) in [4.78, 5) is 7.71. The predicted octanol–water partition coefficient (Wildman–Crippen LogP) is 3.26. The van der Waals surface area contributed by atoms with E-state index in [2.05, 4.69) is 13.6 Å². The van der Waals surface area contributed by atoms with E-state index in [-0.39, 0.29) is 10.1 Å². The quantitative estimate of drug-likeness (QED) is 0.590. The number of aryl methyl sites for hydroxylation is 2. The summed E-state index contributed by atoms with van der Waals surface area (Å²) in [5.74, 6) is 0. The molecule has 2 heterocycles. The van der Waals surface area contributed by atoms with Crippen molar-refractivity contribution in [2.24, 2.45) is 0 Å². The molecular formula is C18H24N2O5S2. The molecule has 0 aromatic carbocycles. The number of unbranched alkanes of at least 4 members (excludes halogenated alkanes) is 2. The molecule has 0 fully saturated rings. The maximum Gasteiger partial charge on any atom is 0.329 e. The SMILES string of the molecule is CCCCc1cccnc1S(=O)(=O)OS(=O)(=O)c1ncccc1CCCC. The van der Waals surface area contributed by atoms with Gasteiger partial charge in [0.25, 0.3) is 0 Å². The molecule has 0 atom stereocenters. The fraction of sp³-hybridized carbons (Fsp3) is 0.444. The molecule has 0 aliphatic carbocycles. The summed E-state index contributed by atoms with van der Waals surface area (Å²) in [6.45, 7) is 3.95. The molecule has 0 saturated carbocycles. The summed E-state index contributed by atoms with van der Waals surface area (Å²) < 4.78 is 55.2. The van der Waals surface area contributed by atoms with E-state index < -0.39 is 20.2 Å². The van der Waals surface area contributed by atoms with Crippen LogP contribution in [0, 0.1) is 0 Å². The molecule has 7 nitrogen and oxygen atoms in total. The number of hydrogen-bond donors (Lipinski definition) is 0. The Balaban J connectivity index is 2.38. The van der Waals surface area contributed by atoms with Gasteiger partial charge in [0.15, 0.2) is 10.1 Å². The van der Waals surface area contributed by atoms with Crippen molar-refractivity contribution in [2.75, 3.05) is 0 Å². The highest BCUT2D eigenvalue weighted by molar-refractivity contribution is 7.99. The van der Waals surface area contributed by atoms with Gasteiger partial charge in [-0.3, -0.25) is 0 Å². The standard InChI is InChI=1S/C18H24N2O5S2/c1-3-5-9-15-11-7-13-19-17(15)26(21,22)25-27(23,24)18-16(10-6-4-2)12-8-14-20-18/h7-8,11-14H,3-6,9-10H2,1-2H3. The van der Waals surface area contributed by atoms with Crippen molar-refractivity contribution in [3.05, 3.63) is 47.8 Å². The molecule has 0 radical (unpaired) electrons. The summed E-state index contributed by atoms with van der Waals surface area (Å²) in [7, 11) is -9.21. The second kappa shape index (κ2) is 9.38. The molecule has 9 heteroatoms. The molecule has 27 heavy (non-hydrogen) atoms. The van der Waals surface area contributed by atoms with Crippen LogP contribution >= 0.6 is 0 Å². The second-order valence-corrected chi connectivity index (χ2v) is 9.25. The zero-order chi connectivity index (χ0) is 19.9. The highest BCUT2D eigenvalue weighted by Crippen LogP contribution is 2.24. The Morgan fingerprint density at radius 1 is 0.778 bits per heavy atom. The average Bonchev–Trinajstić information content (AvgIpc) is 2.64. The van der Waals surface area contributed by atoms with Gasteiger partial charge in [0.1, 0.15) is 0 Å². The van der Waals surface area contributed by atoms with E-state index in [0.29, 0.717) is 24.0 Å². The lowest BCUT2D eigenvalue weighted by Crippen LogP contribution is -2.19. The lowest BCUT2D eigenvalue weighted by atomic mass is 10.1. The van der Waals surface area contributed by atoms with Crippen LogP contribution in [-0.2, 0) is 36.7 Å². The highest BCUT2D eigenvalue weighted by atomic mass is 32.3. The van der Waals surface area contributed by atoms with Crippen molar-refractivity contribution in [1.29, 1.82) is 0 Å². The summed E-state index contributed by atoms with van der Waals surface area (Å²) in [6, 6.07) is 6.44. The molecule has 0 bridgehead atoms. The minimum absolute atomic E-state index is 0.368. The van der Waals surface area contributed by atoms with Crippen LogP contribution in [0.1, 0.15) is 50.7 Å². The van der Waals surface area contributed by atoms with E-state index in [4.69, 9.17) is 0 Å². The largest absolute Gasteiger partial charge is 0.329 e. The van der Waals surface area contributed by atoms with Crippen LogP contribution in [-0.4, -0.2) is 26.8 Å². The second-order valence-electron chi connectivity index (χ2n) is 6.12. The number of hydrogen-bond acceptors (Lipinski definition) is 7. The first-order valence-corrected chi connectivity index (χ1v) is 11.7. The number of nitrogens with zero attached hydrogens (tertiary/aromatic N) is 2. The van der Waals surface area contributed by atoms with Gasteiger partial charge in [-0.2, -0.15) is 16.8 Å². The van der Waals surface area contributed by atoms with Gasteiger partial charge >= 0.3 is 20.2 Å². The fourth-order valence-electron chi connectivity index (χ4n) is 2.60. The van der Waals surface area contributed by atoms with Gasteiger partial charge in [-0.05, 0) is 48.9 Å². The molecule has 0 spiro atoms. The Morgan fingerprint density at radius 3 is 1.56 bits per heavy atom. The van der Waals surface area contributed by atoms with E-state index in [9.17, 15) is 16.8 Å². The average molecular weight is 413 g/mol. The first-order chi connectivity index (χ1) is 12.8.